The molecule has 11 nitrogen and oxygen atoms in total. The fourth-order valence-corrected chi connectivity index (χ4v) is 1.89. The van der Waals surface area contributed by atoms with Crippen LogP contribution in [0.15, 0.2) is 40.3 Å². The molecule has 0 aliphatic carbocycles. The highest BCUT2D eigenvalue weighted by Crippen LogP contribution is 2.25. The average Bonchev–Trinajstić information content (AvgIpc) is 2.90. The van der Waals surface area contributed by atoms with Crippen LogP contribution in [-0.2, 0) is 14.9 Å². The summed E-state index contributed by atoms with van der Waals surface area (Å²) in [5.74, 6) is 0. The minimum absolute atomic E-state index is 0.169. The van der Waals surface area contributed by atoms with Crippen molar-refractivity contribution in [1.29, 1.82) is 0 Å². The maximum absolute atomic E-state index is 10.8. The Kier molecular flexibility index (Phi) is 5.03. The Morgan fingerprint density at radius 1 is 0.957 bits per heavy atom. The fraction of sp³-hybridized carbons (Fsp3) is 0. The lowest BCUT2D eigenvalue weighted by molar-refractivity contribution is 0.275. The lowest BCUT2D eigenvalue weighted by atomic mass is 10.1. The third kappa shape index (κ3) is 4.81. The Labute approximate surface area is 129 Å². The van der Waals surface area contributed by atoms with E-state index in [0.717, 1.165) is 5.56 Å². The SMILES string of the molecule is O=P(O)(O)O.O=S(=O)=C1N=c2nnnc(-c3ccccc3)c2=N1. The van der Waals surface area contributed by atoms with Crippen LogP contribution in [0.5, 0.6) is 0 Å². The van der Waals surface area contributed by atoms with Crippen molar-refractivity contribution in [1.82, 2.24) is 15.4 Å². The zero-order chi connectivity index (χ0) is 17.0. The van der Waals surface area contributed by atoms with Gasteiger partial charge in [0.1, 0.15) is 11.1 Å². The minimum Gasteiger partial charge on any atom is -0.303 e. The Morgan fingerprint density at radius 2 is 1.57 bits per heavy atom. The second kappa shape index (κ2) is 6.81. The van der Waals surface area contributed by atoms with Crippen LogP contribution in [0.25, 0.3) is 11.3 Å². The summed E-state index contributed by atoms with van der Waals surface area (Å²) < 4.78 is 30.5. The molecule has 1 aliphatic rings. The fourth-order valence-electron chi connectivity index (χ4n) is 1.56. The zero-order valence-electron chi connectivity index (χ0n) is 11.0. The molecule has 120 valence electrons. The summed E-state index contributed by atoms with van der Waals surface area (Å²) in [6, 6.07) is 9.20. The van der Waals surface area contributed by atoms with Gasteiger partial charge in [-0.05, 0) is 5.21 Å². The van der Waals surface area contributed by atoms with E-state index in [1.54, 1.807) is 0 Å². The largest absolute Gasteiger partial charge is 0.466 e. The molecule has 0 saturated carbocycles. The number of fused-ring (bicyclic) bond motifs is 1. The van der Waals surface area contributed by atoms with Gasteiger partial charge in [-0.2, -0.15) is 13.4 Å². The summed E-state index contributed by atoms with van der Waals surface area (Å²) in [5, 5.41) is 11.1. The molecule has 0 unspecified atom stereocenters. The van der Waals surface area contributed by atoms with Crippen molar-refractivity contribution in [3.8, 4) is 11.3 Å². The maximum atomic E-state index is 10.8. The molecule has 0 fully saturated rings. The van der Waals surface area contributed by atoms with E-state index in [9.17, 15) is 8.42 Å². The summed E-state index contributed by atoms with van der Waals surface area (Å²) in [6.45, 7) is 0. The first-order valence-electron chi connectivity index (χ1n) is 5.72. The average molecular weight is 357 g/mol. The molecule has 0 spiro atoms. The van der Waals surface area contributed by atoms with Crippen LogP contribution in [0.4, 0.5) is 0 Å². The summed E-state index contributed by atoms with van der Waals surface area (Å²) in [5.41, 5.74) is 1.41. The van der Waals surface area contributed by atoms with E-state index < -0.39 is 18.1 Å². The molecule has 0 saturated heterocycles. The van der Waals surface area contributed by atoms with Crippen LogP contribution < -0.4 is 10.8 Å². The molecule has 2 aromatic rings. The van der Waals surface area contributed by atoms with E-state index in [1.807, 2.05) is 30.3 Å². The van der Waals surface area contributed by atoms with E-state index in [1.165, 1.54) is 0 Å². The summed E-state index contributed by atoms with van der Waals surface area (Å²) >= 11 is 0. The van der Waals surface area contributed by atoms with Gasteiger partial charge in [0, 0.05) is 5.56 Å². The number of hydrogen-bond acceptors (Lipinski definition) is 6. The van der Waals surface area contributed by atoms with Gasteiger partial charge in [0.05, 0.1) is 0 Å². The number of nitrogens with zero attached hydrogens (tertiary/aromatic N) is 5. The predicted molar refractivity (Wildman–Crippen MR) is 75.8 cm³/mol. The van der Waals surface area contributed by atoms with E-state index in [2.05, 4.69) is 25.4 Å². The van der Waals surface area contributed by atoms with Crippen LogP contribution in [0.2, 0.25) is 0 Å². The van der Waals surface area contributed by atoms with Crippen LogP contribution in [-0.4, -0.2) is 43.6 Å². The van der Waals surface area contributed by atoms with Crippen LogP contribution in [0.1, 0.15) is 0 Å². The van der Waals surface area contributed by atoms with Gasteiger partial charge in [0.25, 0.3) is 15.4 Å². The molecule has 0 bridgehead atoms. The summed E-state index contributed by atoms with van der Waals surface area (Å²) in [7, 11) is -7.13. The Morgan fingerprint density at radius 3 is 2.13 bits per heavy atom. The first-order chi connectivity index (χ1) is 10.8. The summed E-state index contributed by atoms with van der Waals surface area (Å²) in [6.07, 6.45) is 0. The predicted octanol–water partition coefficient (Wildman–Crippen LogP) is -2.17. The molecule has 1 aliphatic heterocycles. The van der Waals surface area contributed by atoms with Gasteiger partial charge < -0.3 is 14.7 Å². The molecule has 13 heteroatoms. The number of phosphoric acid groups is 1. The molecule has 1 aromatic heterocycles. The standard InChI is InChI=1S/C10H5N5O2S.H3O4P/c16-18(17)10-11-8-7(6-4-2-1-3-5-6)13-15-14-9(8)12-10;1-5(2,3)4/h1-5H;(H3,1,2,3,4). The number of rotatable bonds is 1. The van der Waals surface area contributed by atoms with Gasteiger partial charge in [-0.15, -0.1) is 10.2 Å². The number of aromatic nitrogens is 3. The number of benzene rings is 1. The van der Waals surface area contributed by atoms with E-state index in [4.69, 9.17) is 19.2 Å². The highest BCUT2D eigenvalue weighted by molar-refractivity contribution is 7.72. The Bertz CT molecular complexity index is 1020. The molecule has 0 radical (unpaired) electrons. The van der Waals surface area contributed by atoms with E-state index in [-0.39, 0.29) is 10.6 Å². The quantitative estimate of drug-likeness (QED) is 0.379. The Balaban J connectivity index is 0.000000338. The molecule has 3 rings (SSSR count). The van der Waals surface area contributed by atoms with Crippen LogP contribution in [0.3, 0.4) is 0 Å². The molecule has 23 heavy (non-hydrogen) atoms. The molecular weight excluding hydrogens is 349 g/mol. The smallest absolute Gasteiger partial charge is 0.303 e. The van der Waals surface area contributed by atoms with Crippen molar-refractivity contribution in [2.45, 2.75) is 0 Å². The van der Waals surface area contributed by atoms with Gasteiger partial charge in [-0.25, -0.2) is 9.56 Å². The minimum atomic E-state index is -4.64. The van der Waals surface area contributed by atoms with Gasteiger partial charge >= 0.3 is 7.82 Å². The second-order valence-electron chi connectivity index (χ2n) is 3.93. The molecule has 2 heterocycles. The lowest BCUT2D eigenvalue weighted by Gasteiger charge is -1.96. The second-order valence-corrected chi connectivity index (χ2v) is 5.79. The number of hydrogen-bond donors (Lipinski definition) is 3. The monoisotopic (exact) mass is 357 g/mol. The first kappa shape index (κ1) is 17.0. The molecule has 0 atom stereocenters. The van der Waals surface area contributed by atoms with E-state index in [0.29, 0.717) is 11.1 Å². The van der Waals surface area contributed by atoms with Crippen molar-refractivity contribution in [3.63, 3.8) is 0 Å². The zero-order valence-corrected chi connectivity index (χ0v) is 12.8. The topological polar surface area (TPSA) is 175 Å². The highest BCUT2D eigenvalue weighted by atomic mass is 32.2. The van der Waals surface area contributed by atoms with Gasteiger partial charge in [0.2, 0.25) is 5.49 Å². The molecular formula is C10H8N5O6PS. The highest BCUT2D eigenvalue weighted by Gasteiger charge is 2.13. The molecule has 0 amide bonds. The third-order valence-corrected chi connectivity index (χ3v) is 2.81. The Hall–Kier alpha value is -2.37. The summed E-state index contributed by atoms with van der Waals surface area (Å²) in [4.78, 5) is 29.2. The van der Waals surface area contributed by atoms with Crippen molar-refractivity contribution in [2.24, 2.45) is 9.98 Å². The first-order valence-corrected chi connectivity index (χ1v) is 8.36. The van der Waals surface area contributed by atoms with Crippen molar-refractivity contribution in [2.75, 3.05) is 0 Å². The van der Waals surface area contributed by atoms with Crippen molar-refractivity contribution in [3.05, 3.63) is 41.2 Å². The third-order valence-electron chi connectivity index (χ3n) is 2.33. The molecule has 3 N–H and O–H groups in total. The van der Waals surface area contributed by atoms with Gasteiger partial charge in [0.15, 0.2) is 0 Å². The van der Waals surface area contributed by atoms with Gasteiger partial charge in [-0.3, -0.25) is 0 Å². The lowest BCUT2D eigenvalue weighted by Crippen LogP contribution is -2.30. The maximum Gasteiger partial charge on any atom is 0.466 e. The van der Waals surface area contributed by atoms with Crippen LogP contribution in [0, 0.1) is 0 Å². The molecule has 1 aromatic carbocycles. The van der Waals surface area contributed by atoms with Crippen molar-refractivity contribution >= 4 is 23.2 Å². The van der Waals surface area contributed by atoms with Crippen molar-refractivity contribution < 1.29 is 27.7 Å². The normalized spacial score (nSPS) is 12.4. The van der Waals surface area contributed by atoms with E-state index >= 15 is 0 Å². The van der Waals surface area contributed by atoms with Gasteiger partial charge in [-0.1, -0.05) is 30.3 Å². The van der Waals surface area contributed by atoms with Crippen LogP contribution >= 0.6 is 7.82 Å².